The molecule has 6 heteroatoms. The molecule has 1 fully saturated rings. The number of morpholine rings is 1. The van der Waals surface area contributed by atoms with Crippen LogP contribution in [0.2, 0.25) is 0 Å². The standard InChI is InChI=1S/C14H15F3N2O/c1-9-7-19(8-10(2)20-9)12-4-3-11(6-18)13(5-12)14(15,16)17/h3-5,9-10H,7-8H2,1-2H3/t9-,10+. The highest BCUT2D eigenvalue weighted by molar-refractivity contribution is 5.55. The van der Waals surface area contributed by atoms with Crippen molar-refractivity contribution in [3.63, 3.8) is 0 Å². The summed E-state index contributed by atoms with van der Waals surface area (Å²) >= 11 is 0. The molecule has 0 aliphatic carbocycles. The number of rotatable bonds is 1. The minimum Gasteiger partial charge on any atom is -0.372 e. The van der Waals surface area contributed by atoms with E-state index in [-0.39, 0.29) is 17.8 Å². The summed E-state index contributed by atoms with van der Waals surface area (Å²) in [5, 5.41) is 8.78. The molecule has 2 atom stereocenters. The lowest BCUT2D eigenvalue weighted by Gasteiger charge is -2.37. The molecule has 0 N–H and O–H groups in total. The van der Waals surface area contributed by atoms with Crippen LogP contribution in [0.5, 0.6) is 0 Å². The Labute approximate surface area is 115 Å². The van der Waals surface area contributed by atoms with Gasteiger partial charge in [-0.3, -0.25) is 0 Å². The highest BCUT2D eigenvalue weighted by Gasteiger charge is 2.34. The Balaban J connectivity index is 2.36. The smallest absolute Gasteiger partial charge is 0.372 e. The molecule has 3 nitrogen and oxygen atoms in total. The summed E-state index contributed by atoms with van der Waals surface area (Å²) in [5.41, 5.74) is -0.766. The zero-order valence-corrected chi connectivity index (χ0v) is 11.2. The molecule has 0 saturated carbocycles. The van der Waals surface area contributed by atoms with Crippen molar-refractivity contribution in [1.82, 2.24) is 0 Å². The average molecular weight is 284 g/mol. The van der Waals surface area contributed by atoms with E-state index < -0.39 is 11.7 Å². The number of nitrogens with zero attached hydrogens (tertiary/aromatic N) is 2. The van der Waals surface area contributed by atoms with Crippen molar-refractivity contribution in [2.45, 2.75) is 32.2 Å². The van der Waals surface area contributed by atoms with Crippen LogP contribution >= 0.6 is 0 Å². The molecule has 1 aromatic rings. The molecule has 1 heterocycles. The summed E-state index contributed by atoms with van der Waals surface area (Å²) in [7, 11) is 0. The van der Waals surface area contributed by atoms with Crippen LogP contribution in [0.3, 0.4) is 0 Å². The number of nitriles is 1. The second-order valence-electron chi connectivity index (χ2n) is 5.00. The topological polar surface area (TPSA) is 36.3 Å². The molecular formula is C14H15F3N2O. The van der Waals surface area contributed by atoms with Crippen LogP contribution in [0.25, 0.3) is 0 Å². The average Bonchev–Trinajstić information content (AvgIpc) is 2.35. The molecule has 0 aromatic heterocycles. The van der Waals surface area contributed by atoms with E-state index in [2.05, 4.69) is 0 Å². The fourth-order valence-corrected chi connectivity index (χ4v) is 2.45. The third-order valence-corrected chi connectivity index (χ3v) is 3.21. The van der Waals surface area contributed by atoms with Crippen molar-refractivity contribution >= 4 is 5.69 Å². The number of alkyl halides is 3. The first-order valence-electron chi connectivity index (χ1n) is 6.33. The van der Waals surface area contributed by atoms with E-state index in [0.29, 0.717) is 18.8 Å². The SMILES string of the molecule is C[C@@H]1CN(c2ccc(C#N)c(C(F)(F)F)c2)C[C@H](C)O1. The van der Waals surface area contributed by atoms with E-state index in [0.717, 1.165) is 6.07 Å². The van der Waals surface area contributed by atoms with Crippen LogP contribution in [0.1, 0.15) is 25.0 Å². The first-order chi connectivity index (χ1) is 9.31. The van der Waals surface area contributed by atoms with E-state index in [1.165, 1.54) is 6.07 Å². The van der Waals surface area contributed by atoms with Gasteiger partial charge in [0.1, 0.15) is 0 Å². The molecule has 1 aliphatic heterocycles. The normalized spacial score (nSPS) is 23.5. The third kappa shape index (κ3) is 3.05. The van der Waals surface area contributed by atoms with Crippen molar-refractivity contribution < 1.29 is 17.9 Å². The summed E-state index contributed by atoms with van der Waals surface area (Å²) in [6.45, 7) is 4.84. The van der Waals surface area contributed by atoms with Crippen LogP contribution in [0.15, 0.2) is 18.2 Å². The Morgan fingerprint density at radius 1 is 1.25 bits per heavy atom. The van der Waals surface area contributed by atoms with Gasteiger partial charge in [-0.2, -0.15) is 18.4 Å². The van der Waals surface area contributed by atoms with E-state index >= 15 is 0 Å². The fraction of sp³-hybridized carbons (Fsp3) is 0.500. The largest absolute Gasteiger partial charge is 0.417 e. The molecule has 1 saturated heterocycles. The molecule has 2 rings (SSSR count). The van der Waals surface area contributed by atoms with Crippen LogP contribution in [0.4, 0.5) is 18.9 Å². The lowest BCUT2D eigenvalue weighted by atomic mass is 10.1. The molecule has 0 spiro atoms. The van der Waals surface area contributed by atoms with Crippen molar-refractivity contribution in [2.24, 2.45) is 0 Å². The molecular weight excluding hydrogens is 269 g/mol. The molecule has 1 aliphatic rings. The van der Waals surface area contributed by atoms with Crippen molar-refractivity contribution in [3.05, 3.63) is 29.3 Å². The number of benzene rings is 1. The minimum absolute atomic E-state index is 0.0382. The van der Waals surface area contributed by atoms with Gasteiger partial charge in [0.15, 0.2) is 0 Å². The first-order valence-corrected chi connectivity index (χ1v) is 6.33. The summed E-state index contributed by atoms with van der Waals surface area (Å²) in [6.07, 6.45) is -4.60. The van der Waals surface area contributed by atoms with E-state index in [4.69, 9.17) is 10.00 Å². The summed E-state index contributed by atoms with van der Waals surface area (Å²) in [6, 6.07) is 5.41. The van der Waals surface area contributed by atoms with Crippen molar-refractivity contribution in [3.8, 4) is 6.07 Å². The second-order valence-corrected chi connectivity index (χ2v) is 5.00. The van der Waals surface area contributed by atoms with E-state index in [1.807, 2.05) is 18.7 Å². The van der Waals surface area contributed by atoms with E-state index in [9.17, 15) is 13.2 Å². The zero-order valence-electron chi connectivity index (χ0n) is 11.2. The Bertz CT molecular complexity index is 526. The Morgan fingerprint density at radius 3 is 2.35 bits per heavy atom. The minimum atomic E-state index is -4.52. The molecule has 0 amide bonds. The van der Waals surface area contributed by atoms with Gasteiger partial charge in [-0.15, -0.1) is 0 Å². The van der Waals surface area contributed by atoms with Gasteiger partial charge in [-0.1, -0.05) is 0 Å². The Kier molecular flexibility index (Phi) is 3.91. The Hall–Kier alpha value is -1.74. The monoisotopic (exact) mass is 284 g/mol. The number of halogens is 3. The van der Waals surface area contributed by atoms with Gasteiger partial charge in [0.25, 0.3) is 0 Å². The zero-order chi connectivity index (χ0) is 14.9. The van der Waals surface area contributed by atoms with Gasteiger partial charge in [0, 0.05) is 18.8 Å². The van der Waals surface area contributed by atoms with Gasteiger partial charge in [0.2, 0.25) is 0 Å². The highest BCUT2D eigenvalue weighted by atomic mass is 19.4. The van der Waals surface area contributed by atoms with Crippen molar-refractivity contribution in [2.75, 3.05) is 18.0 Å². The summed E-state index contributed by atoms with van der Waals surface area (Å²) < 4.78 is 44.4. The Morgan fingerprint density at radius 2 is 1.85 bits per heavy atom. The molecule has 0 unspecified atom stereocenters. The molecule has 20 heavy (non-hydrogen) atoms. The van der Waals surface area contributed by atoms with E-state index in [1.54, 1.807) is 12.1 Å². The lowest BCUT2D eigenvalue weighted by molar-refractivity contribution is -0.137. The summed E-state index contributed by atoms with van der Waals surface area (Å²) in [5.74, 6) is 0. The maximum absolute atomic E-state index is 12.9. The van der Waals surface area contributed by atoms with Gasteiger partial charge in [0.05, 0.1) is 29.4 Å². The number of anilines is 1. The van der Waals surface area contributed by atoms with Crippen LogP contribution in [0, 0.1) is 11.3 Å². The molecule has 0 radical (unpaired) electrons. The molecule has 1 aromatic carbocycles. The maximum Gasteiger partial charge on any atom is 0.417 e. The van der Waals surface area contributed by atoms with Gasteiger partial charge >= 0.3 is 6.18 Å². The van der Waals surface area contributed by atoms with Gasteiger partial charge in [-0.05, 0) is 32.0 Å². The van der Waals surface area contributed by atoms with Crippen LogP contribution in [-0.4, -0.2) is 25.3 Å². The quantitative estimate of drug-likeness (QED) is 0.794. The second kappa shape index (κ2) is 5.33. The number of hydrogen-bond donors (Lipinski definition) is 0. The highest BCUT2D eigenvalue weighted by Crippen LogP contribution is 2.35. The van der Waals surface area contributed by atoms with Crippen LogP contribution in [-0.2, 0) is 10.9 Å². The number of ether oxygens (including phenoxy) is 1. The lowest BCUT2D eigenvalue weighted by Crippen LogP contribution is -2.45. The first kappa shape index (κ1) is 14.7. The van der Waals surface area contributed by atoms with Gasteiger partial charge in [-0.25, -0.2) is 0 Å². The predicted molar refractivity (Wildman–Crippen MR) is 68.4 cm³/mol. The van der Waals surface area contributed by atoms with Crippen LogP contribution < -0.4 is 4.90 Å². The predicted octanol–water partition coefficient (Wildman–Crippen LogP) is 3.19. The molecule has 0 bridgehead atoms. The van der Waals surface area contributed by atoms with Crippen molar-refractivity contribution in [1.29, 1.82) is 5.26 Å². The summed E-state index contributed by atoms with van der Waals surface area (Å²) in [4.78, 5) is 1.86. The van der Waals surface area contributed by atoms with Gasteiger partial charge < -0.3 is 9.64 Å². The molecule has 108 valence electrons. The fourth-order valence-electron chi connectivity index (χ4n) is 2.45. The maximum atomic E-state index is 12.9. The number of hydrogen-bond acceptors (Lipinski definition) is 3. The third-order valence-electron chi connectivity index (χ3n) is 3.21.